The van der Waals surface area contributed by atoms with Crippen molar-refractivity contribution in [3.63, 3.8) is 0 Å². The largest absolute Gasteiger partial charge is 0.334 e. The molecule has 3 nitrogen and oxygen atoms in total. The Morgan fingerprint density at radius 2 is 2.06 bits per heavy atom. The van der Waals surface area contributed by atoms with E-state index in [1.807, 2.05) is 24.5 Å². The van der Waals surface area contributed by atoms with Crippen molar-refractivity contribution in [1.29, 1.82) is 0 Å². The van der Waals surface area contributed by atoms with Crippen LogP contribution in [0.2, 0.25) is 0 Å². The molecule has 1 unspecified atom stereocenters. The van der Waals surface area contributed by atoms with Crippen LogP contribution in [-0.2, 0) is 13.0 Å². The van der Waals surface area contributed by atoms with E-state index in [1.165, 1.54) is 11.3 Å². The summed E-state index contributed by atoms with van der Waals surface area (Å²) in [6.45, 7) is 0.996. The van der Waals surface area contributed by atoms with Crippen LogP contribution in [-0.4, -0.2) is 15.6 Å². The Kier molecular flexibility index (Phi) is 2.26. The molecule has 0 aliphatic carbocycles. The molecule has 0 amide bonds. The summed E-state index contributed by atoms with van der Waals surface area (Å²) in [6, 6.07) is 10.6. The normalized spacial score (nSPS) is 19.4. The van der Waals surface area contributed by atoms with Gasteiger partial charge >= 0.3 is 0 Å². The van der Waals surface area contributed by atoms with Crippen LogP contribution in [0.5, 0.6) is 0 Å². The molecule has 0 saturated heterocycles. The van der Waals surface area contributed by atoms with Crippen LogP contribution >= 0.6 is 0 Å². The third-order valence-corrected chi connectivity index (χ3v) is 3.19. The van der Waals surface area contributed by atoms with Crippen molar-refractivity contribution in [3.05, 3.63) is 42.4 Å². The second kappa shape index (κ2) is 3.76. The molecule has 16 heavy (non-hydrogen) atoms. The van der Waals surface area contributed by atoms with E-state index in [1.54, 1.807) is 0 Å². The Morgan fingerprint density at radius 1 is 1.25 bits per heavy atom. The van der Waals surface area contributed by atoms with Gasteiger partial charge in [0.2, 0.25) is 0 Å². The van der Waals surface area contributed by atoms with Crippen molar-refractivity contribution in [2.24, 2.45) is 5.73 Å². The van der Waals surface area contributed by atoms with Gasteiger partial charge in [0.15, 0.2) is 0 Å². The number of aryl methyl sites for hydroxylation is 1. The molecule has 82 valence electrons. The molecule has 0 spiro atoms. The van der Waals surface area contributed by atoms with Crippen molar-refractivity contribution < 1.29 is 0 Å². The molecule has 1 aliphatic heterocycles. The topological polar surface area (TPSA) is 43.8 Å². The maximum atomic E-state index is 6.01. The molecule has 2 N–H and O–H groups in total. The molecular formula is C13H15N3. The molecule has 1 atom stereocenters. The van der Waals surface area contributed by atoms with Crippen molar-refractivity contribution in [3.8, 4) is 11.3 Å². The molecular weight excluding hydrogens is 198 g/mol. The molecule has 3 heteroatoms. The fourth-order valence-corrected chi connectivity index (χ4v) is 2.31. The number of benzene rings is 1. The zero-order valence-corrected chi connectivity index (χ0v) is 9.13. The van der Waals surface area contributed by atoms with Gasteiger partial charge < -0.3 is 10.3 Å². The number of nitrogens with zero attached hydrogens (tertiary/aromatic N) is 2. The first kappa shape index (κ1) is 9.60. The second-order valence-corrected chi connectivity index (χ2v) is 4.35. The summed E-state index contributed by atoms with van der Waals surface area (Å²) < 4.78 is 2.23. The standard InChI is InChI=1S/C13H15N3/c14-11-6-7-16-9-15-13(12(16)8-11)10-4-2-1-3-5-10/h1-5,9,11H,6-8,14H2. The van der Waals surface area contributed by atoms with Crippen LogP contribution in [0.1, 0.15) is 12.1 Å². The van der Waals surface area contributed by atoms with E-state index >= 15 is 0 Å². The van der Waals surface area contributed by atoms with Crippen molar-refractivity contribution >= 4 is 0 Å². The number of hydrogen-bond acceptors (Lipinski definition) is 2. The first-order valence-electron chi connectivity index (χ1n) is 5.69. The van der Waals surface area contributed by atoms with Gasteiger partial charge in [0.1, 0.15) is 0 Å². The SMILES string of the molecule is NC1CCn2cnc(-c3ccccc3)c2C1. The number of nitrogens with two attached hydrogens (primary N) is 1. The van der Waals surface area contributed by atoms with E-state index in [2.05, 4.69) is 21.7 Å². The minimum absolute atomic E-state index is 0.284. The van der Waals surface area contributed by atoms with Crippen molar-refractivity contribution in [2.75, 3.05) is 0 Å². The molecule has 0 fully saturated rings. The van der Waals surface area contributed by atoms with Gasteiger partial charge in [-0.2, -0.15) is 0 Å². The number of aromatic nitrogens is 2. The number of hydrogen-bond donors (Lipinski definition) is 1. The molecule has 2 heterocycles. The van der Waals surface area contributed by atoms with Crippen LogP contribution in [0.25, 0.3) is 11.3 Å². The second-order valence-electron chi connectivity index (χ2n) is 4.35. The van der Waals surface area contributed by atoms with E-state index in [9.17, 15) is 0 Å². The Balaban J connectivity index is 2.07. The highest BCUT2D eigenvalue weighted by Crippen LogP contribution is 2.25. The number of imidazole rings is 1. The minimum Gasteiger partial charge on any atom is -0.334 e. The van der Waals surface area contributed by atoms with Gasteiger partial charge in [0.25, 0.3) is 0 Å². The summed E-state index contributed by atoms with van der Waals surface area (Å²) in [7, 11) is 0. The fourth-order valence-electron chi connectivity index (χ4n) is 2.31. The lowest BCUT2D eigenvalue weighted by Crippen LogP contribution is -2.30. The summed E-state index contributed by atoms with van der Waals surface area (Å²) in [4.78, 5) is 4.51. The zero-order chi connectivity index (χ0) is 11.0. The maximum absolute atomic E-state index is 6.01. The van der Waals surface area contributed by atoms with Gasteiger partial charge in [0.05, 0.1) is 12.0 Å². The summed E-state index contributed by atoms with van der Waals surface area (Å²) in [6.07, 6.45) is 3.92. The third kappa shape index (κ3) is 1.53. The molecule has 2 aromatic rings. The first-order valence-corrected chi connectivity index (χ1v) is 5.69. The minimum atomic E-state index is 0.284. The highest BCUT2D eigenvalue weighted by molar-refractivity contribution is 5.62. The quantitative estimate of drug-likeness (QED) is 0.785. The Bertz CT molecular complexity index is 487. The van der Waals surface area contributed by atoms with E-state index < -0.39 is 0 Å². The molecule has 0 radical (unpaired) electrons. The number of rotatable bonds is 1. The van der Waals surface area contributed by atoms with Gasteiger partial charge in [-0.1, -0.05) is 30.3 Å². The molecule has 0 bridgehead atoms. The van der Waals surface area contributed by atoms with E-state index in [0.717, 1.165) is 25.1 Å². The smallest absolute Gasteiger partial charge is 0.0956 e. The number of fused-ring (bicyclic) bond motifs is 1. The molecule has 1 aliphatic rings. The van der Waals surface area contributed by atoms with Crippen LogP contribution < -0.4 is 5.73 Å². The summed E-state index contributed by atoms with van der Waals surface area (Å²) in [5, 5.41) is 0. The van der Waals surface area contributed by atoms with Crippen LogP contribution in [0.15, 0.2) is 36.7 Å². The van der Waals surface area contributed by atoms with Crippen LogP contribution in [0.4, 0.5) is 0 Å². The highest BCUT2D eigenvalue weighted by Gasteiger charge is 2.20. The maximum Gasteiger partial charge on any atom is 0.0956 e. The third-order valence-electron chi connectivity index (χ3n) is 3.19. The fraction of sp³-hybridized carbons (Fsp3) is 0.308. The summed E-state index contributed by atoms with van der Waals surface area (Å²) in [5.41, 5.74) is 9.58. The predicted octanol–water partition coefficient (Wildman–Crippen LogP) is 1.82. The molecule has 0 saturated carbocycles. The first-order chi connectivity index (χ1) is 7.84. The van der Waals surface area contributed by atoms with E-state index in [0.29, 0.717) is 0 Å². The molecule has 1 aromatic heterocycles. The van der Waals surface area contributed by atoms with Crippen molar-refractivity contribution in [1.82, 2.24) is 9.55 Å². The summed E-state index contributed by atoms with van der Waals surface area (Å²) >= 11 is 0. The van der Waals surface area contributed by atoms with Gasteiger partial charge in [-0.15, -0.1) is 0 Å². The van der Waals surface area contributed by atoms with Gasteiger partial charge in [-0.25, -0.2) is 4.98 Å². The average molecular weight is 213 g/mol. The summed E-state index contributed by atoms with van der Waals surface area (Å²) in [5.74, 6) is 0. The van der Waals surface area contributed by atoms with E-state index in [-0.39, 0.29) is 6.04 Å². The predicted molar refractivity (Wildman–Crippen MR) is 64.0 cm³/mol. The van der Waals surface area contributed by atoms with Crippen molar-refractivity contribution in [2.45, 2.75) is 25.4 Å². The molecule has 1 aromatic carbocycles. The lowest BCUT2D eigenvalue weighted by atomic mass is 10.0. The van der Waals surface area contributed by atoms with Crippen LogP contribution in [0, 0.1) is 0 Å². The lowest BCUT2D eigenvalue weighted by molar-refractivity contribution is 0.472. The Labute approximate surface area is 94.9 Å². The van der Waals surface area contributed by atoms with Gasteiger partial charge in [-0.05, 0) is 6.42 Å². The van der Waals surface area contributed by atoms with Crippen LogP contribution in [0.3, 0.4) is 0 Å². The highest BCUT2D eigenvalue weighted by atomic mass is 15.1. The lowest BCUT2D eigenvalue weighted by Gasteiger charge is -2.21. The zero-order valence-electron chi connectivity index (χ0n) is 9.13. The van der Waals surface area contributed by atoms with E-state index in [4.69, 9.17) is 5.73 Å². The monoisotopic (exact) mass is 213 g/mol. The average Bonchev–Trinajstić information content (AvgIpc) is 2.73. The Morgan fingerprint density at radius 3 is 2.88 bits per heavy atom. The van der Waals surface area contributed by atoms with Gasteiger partial charge in [-0.3, -0.25) is 0 Å². The van der Waals surface area contributed by atoms with Gasteiger partial charge in [0, 0.05) is 30.3 Å². The molecule has 3 rings (SSSR count). The Hall–Kier alpha value is -1.61.